The van der Waals surface area contributed by atoms with Gasteiger partial charge < -0.3 is 29.0 Å². The van der Waals surface area contributed by atoms with Gasteiger partial charge in [0.05, 0.1) is 31.3 Å². The monoisotopic (exact) mass is 373 g/mol. The first-order valence-corrected chi connectivity index (χ1v) is 10.1. The van der Waals surface area contributed by atoms with Crippen LogP contribution in [0.25, 0.3) is 0 Å². The molecule has 2 bridgehead atoms. The van der Waals surface area contributed by atoms with Gasteiger partial charge in [-0.05, 0) is 50.9 Å². The van der Waals surface area contributed by atoms with Gasteiger partial charge in [0.1, 0.15) is 6.10 Å². The quantitative estimate of drug-likeness (QED) is 0.847. The maximum Gasteiger partial charge on any atom is 0.165 e. The highest BCUT2D eigenvalue weighted by Gasteiger charge is 2.73. The van der Waals surface area contributed by atoms with Crippen molar-refractivity contribution in [3.63, 3.8) is 0 Å². The smallest absolute Gasteiger partial charge is 0.165 e. The van der Waals surface area contributed by atoms with Crippen LogP contribution in [0.15, 0.2) is 12.1 Å². The Morgan fingerprint density at radius 1 is 1.22 bits per heavy atom. The second kappa shape index (κ2) is 5.38. The van der Waals surface area contributed by atoms with Crippen molar-refractivity contribution in [1.82, 2.24) is 4.90 Å². The van der Waals surface area contributed by atoms with Crippen LogP contribution in [0, 0.1) is 5.92 Å². The van der Waals surface area contributed by atoms with Crippen LogP contribution in [0.2, 0.25) is 0 Å². The van der Waals surface area contributed by atoms with Gasteiger partial charge in [0.25, 0.3) is 0 Å². The lowest BCUT2D eigenvalue weighted by molar-refractivity contribution is -0.221. The second-order valence-corrected chi connectivity index (χ2v) is 8.83. The van der Waals surface area contributed by atoms with Crippen molar-refractivity contribution in [2.24, 2.45) is 5.92 Å². The summed E-state index contributed by atoms with van der Waals surface area (Å²) >= 11 is 0. The lowest BCUT2D eigenvalue weighted by Gasteiger charge is -2.64. The van der Waals surface area contributed by atoms with Gasteiger partial charge in [0.2, 0.25) is 0 Å². The van der Waals surface area contributed by atoms with E-state index in [0.29, 0.717) is 13.2 Å². The molecule has 3 aliphatic heterocycles. The number of likely N-dealkylation sites (tertiary alicyclic amines) is 1. The van der Waals surface area contributed by atoms with E-state index in [1.807, 2.05) is 6.07 Å². The molecule has 1 N–H and O–H groups in total. The SMILES string of the molecule is COc1ccc2c3c1O[C@H]1C(C4OCCO4)CCC4(O)C(C2)N(C)CC[C@]314. The average molecular weight is 373 g/mol. The Morgan fingerprint density at radius 3 is 2.81 bits per heavy atom. The molecule has 6 nitrogen and oxygen atoms in total. The van der Waals surface area contributed by atoms with Gasteiger partial charge in [-0.2, -0.15) is 0 Å². The summed E-state index contributed by atoms with van der Waals surface area (Å²) in [6, 6.07) is 4.30. The Morgan fingerprint density at radius 2 is 2.04 bits per heavy atom. The topological polar surface area (TPSA) is 60.4 Å². The molecule has 2 saturated heterocycles. The highest BCUT2D eigenvalue weighted by Crippen LogP contribution is 2.66. The lowest BCUT2D eigenvalue weighted by Crippen LogP contribution is -2.76. The third-order valence-electron chi connectivity index (χ3n) is 7.98. The molecule has 6 heteroatoms. The first kappa shape index (κ1) is 16.6. The zero-order valence-electron chi connectivity index (χ0n) is 15.9. The van der Waals surface area contributed by atoms with Crippen LogP contribution in [0.1, 0.15) is 30.4 Å². The Hall–Kier alpha value is -1.34. The second-order valence-electron chi connectivity index (χ2n) is 8.83. The van der Waals surface area contributed by atoms with Crippen molar-refractivity contribution in [2.45, 2.75) is 55.1 Å². The number of methoxy groups -OCH3 is 1. The Kier molecular flexibility index (Phi) is 3.31. The van der Waals surface area contributed by atoms with Gasteiger partial charge in [-0.1, -0.05) is 6.07 Å². The molecule has 3 unspecified atom stereocenters. The molecule has 5 atom stereocenters. The first-order valence-electron chi connectivity index (χ1n) is 10.1. The van der Waals surface area contributed by atoms with E-state index < -0.39 is 11.0 Å². The van der Waals surface area contributed by atoms with E-state index in [1.54, 1.807) is 7.11 Å². The summed E-state index contributed by atoms with van der Waals surface area (Å²) in [5.41, 5.74) is 1.30. The first-order chi connectivity index (χ1) is 13.1. The van der Waals surface area contributed by atoms with Gasteiger partial charge in [0.15, 0.2) is 17.8 Å². The van der Waals surface area contributed by atoms with E-state index in [0.717, 1.165) is 43.7 Å². The molecule has 27 heavy (non-hydrogen) atoms. The summed E-state index contributed by atoms with van der Waals surface area (Å²) in [5, 5.41) is 12.2. The molecule has 3 fully saturated rings. The van der Waals surface area contributed by atoms with Gasteiger partial charge in [-0.3, -0.25) is 0 Å². The third-order valence-corrected chi connectivity index (χ3v) is 7.98. The number of piperidine rings is 1. The number of rotatable bonds is 2. The Bertz CT molecular complexity index is 793. The maximum atomic E-state index is 12.2. The van der Waals surface area contributed by atoms with Gasteiger partial charge in [0, 0.05) is 17.5 Å². The molecular formula is C21H27NO5. The molecule has 1 aromatic carbocycles. The third kappa shape index (κ3) is 1.81. The summed E-state index contributed by atoms with van der Waals surface area (Å²) in [6.45, 7) is 2.23. The number of likely N-dealkylation sites (N-methyl/N-ethyl adjacent to an activating group) is 1. The number of hydrogen-bond acceptors (Lipinski definition) is 6. The lowest BCUT2D eigenvalue weighted by atomic mass is 9.47. The molecule has 6 rings (SSSR count). The predicted octanol–water partition coefficient (Wildman–Crippen LogP) is 1.47. The molecule has 2 aliphatic carbocycles. The van der Waals surface area contributed by atoms with Crippen LogP contribution >= 0.6 is 0 Å². The van der Waals surface area contributed by atoms with Crippen molar-refractivity contribution >= 4 is 0 Å². The molecule has 1 aromatic rings. The number of aliphatic hydroxyl groups is 1. The van der Waals surface area contributed by atoms with Crippen LogP contribution in [-0.2, 0) is 21.3 Å². The number of nitrogens with zero attached hydrogens (tertiary/aromatic N) is 1. The van der Waals surface area contributed by atoms with E-state index in [9.17, 15) is 5.11 Å². The van der Waals surface area contributed by atoms with E-state index in [-0.39, 0.29) is 24.4 Å². The van der Waals surface area contributed by atoms with Crippen LogP contribution in [-0.4, -0.2) is 68.0 Å². The minimum Gasteiger partial charge on any atom is -0.493 e. The van der Waals surface area contributed by atoms with Crippen LogP contribution in [0.3, 0.4) is 0 Å². The van der Waals surface area contributed by atoms with Crippen LogP contribution < -0.4 is 9.47 Å². The highest BCUT2D eigenvalue weighted by molar-refractivity contribution is 5.62. The molecule has 1 saturated carbocycles. The molecule has 0 amide bonds. The largest absolute Gasteiger partial charge is 0.493 e. The highest BCUT2D eigenvalue weighted by atomic mass is 16.7. The molecule has 0 aromatic heterocycles. The summed E-state index contributed by atoms with van der Waals surface area (Å²) in [4.78, 5) is 2.34. The van der Waals surface area contributed by atoms with Crippen molar-refractivity contribution in [2.75, 3.05) is 33.9 Å². The van der Waals surface area contributed by atoms with E-state index in [1.165, 1.54) is 11.1 Å². The van der Waals surface area contributed by atoms with Crippen molar-refractivity contribution < 1.29 is 24.1 Å². The predicted molar refractivity (Wildman–Crippen MR) is 97.2 cm³/mol. The fourth-order valence-electron chi connectivity index (χ4n) is 6.84. The minimum atomic E-state index is -0.787. The minimum absolute atomic E-state index is 0.121. The Balaban J connectivity index is 1.58. The van der Waals surface area contributed by atoms with E-state index >= 15 is 0 Å². The van der Waals surface area contributed by atoms with Crippen molar-refractivity contribution in [3.05, 3.63) is 23.3 Å². The summed E-state index contributed by atoms with van der Waals surface area (Å²) in [5.74, 6) is 1.73. The molecule has 146 valence electrons. The number of benzene rings is 1. The number of ether oxygens (including phenoxy) is 4. The van der Waals surface area contributed by atoms with Gasteiger partial charge >= 0.3 is 0 Å². The standard InChI is InChI=1S/C21H27NO5/c1-22-8-7-20-16-12-3-4-14(24-2)17(16)27-18(20)13(19-25-9-10-26-19)5-6-21(20,23)15(22)11-12/h3-4,13,15,18-19,23H,5-11H2,1-2H3/t13?,15?,18-,20-,21?/m0/s1. The van der Waals surface area contributed by atoms with E-state index in [2.05, 4.69) is 18.0 Å². The molecule has 1 spiro atoms. The van der Waals surface area contributed by atoms with Crippen molar-refractivity contribution in [3.8, 4) is 11.5 Å². The molecule has 3 heterocycles. The van der Waals surface area contributed by atoms with Crippen molar-refractivity contribution in [1.29, 1.82) is 0 Å². The molecule has 5 aliphatic rings. The fraction of sp³-hybridized carbons (Fsp3) is 0.714. The van der Waals surface area contributed by atoms with Crippen LogP contribution in [0.5, 0.6) is 11.5 Å². The summed E-state index contributed by atoms with van der Waals surface area (Å²) in [6.07, 6.45) is 2.98. The summed E-state index contributed by atoms with van der Waals surface area (Å²) < 4.78 is 24.1. The molecular weight excluding hydrogens is 346 g/mol. The van der Waals surface area contributed by atoms with E-state index in [4.69, 9.17) is 18.9 Å². The zero-order chi connectivity index (χ0) is 18.4. The molecule has 0 radical (unpaired) electrons. The Labute approximate surface area is 159 Å². The fourth-order valence-corrected chi connectivity index (χ4v) is 6.84. The van der Waals surface area contributed by atoms with Gasteiger partial charge in [-0.15, -0.1) is 0 Å². The number of hydrogen-bond donors (Lipinski definition) is 1. The summed E-state index contributed by atoms with van der Waals surface area (Å²) in [7, 11) is 3.83. The van der Waals surface area contributed by atoms with Crippen LogP contribution in [0.4, 0.5) is 0 Å². The maximum absolute atomic E-state index is 12.2. The van der Waals surface area contributed by atoms with Gasteiger partial charge in [-0.25, -0.2) is 0 Å². The average Bonchev–Trinajstić information content (AvgIpc) is 3.30. The normalized spacial score (nSPS) is 42.7. The zero-order valence-corrected chi connectivity index (χ0v) is 15.9.